The molecule has 0 amide bonds. The summed E-state index contributed by atoms with van der Waals surface area (Å²) in [7, 11) is 0. The average Bonchev–Trinajstić information content (AvgIpc) is 3.18. The minimum atomic E-state index is -0.951. The van der Waals surface area contributed by atoms with Crippen molar-refractivity contribution in [1.29, 1.82) is 0 Å². The highest BCUT2D eigenvalue weighted by molar-refractivity contribution is 5.81. The Kier molecular flexibility index (Phi) is 2.25. The van der Waals surface area contributed by atoms with E-state index < -0.39 is 11.6 Å². The van der Waals surface area contributed by atoms with Crippen molar-refractivity contribution in [1.82, 2.24) is 0 Å². The third kappa shape index (κ3) is 1.78. The molecule has 0 radical (unpaired) electrons. The van der Waals surface area contributed by atoms with Crippen LogP contribution in [-0.4, -0.2) is 16.7 Å². The van der Waals surface area contributed by atoms with Crippen LogP contribution in [0.2, 0.25) is 0 Å². The van der Waals surface area contributed by atoms with E-state index in [1.54, 1.807) is 0 Å². The number of aryl methyl sites for hydroxylation is 1. The standard InChI is InChI=1S/C15H18O3/c1-10-3-4-11(14(2)5-6-14)12(9-10)18-15(7-8-15)13(16)17/h3-4,9H,5-8H2,1-2H3,(H,16,17). The molecule has 1 aromatic rings. The van der Waals surface area contributed by atoms with Crippen LogP contribution in [0.25, 0.3) is 0 Å². The molecule has 1 aromatic carbocycles. The Morgan fingerprint density at radius 2 is 1.94 bits per heavy atom. The molecule has 2 fully saturated rings. The van der Waals surface area contributed by atoms with E-state index in [0.717, 1.165) is 24.2 Å². The van der Waals surface area contributed by atoms with E-state index in [-0.39, 0.29) is 5.41 Å². The first-order chi connectivity index (χ1) is 8.45. The maximum atomic E-state index is 11.2. The Bertz CT molecular complexity index is 510. The van der Waals surface area contributed by atoms with Crippen molar-refractivity contribution < 1.29 is 14.6 Å². The largest absolute Gasteiger partial charge is 0.478 e. The number of benzene rings is 1. The van der Waals surface area contributed by atoms with E-state index in [2.05, 4.69) is 19.1 Å². The lowest BCUT2D eigenvalue weighted by molar-refractivity contribution is -0.147. The van der Waals surface area contributed by atoms with E-state index in [4.69, 9.17) is 4.74 Å². The lowest BCUT2D eigenvalue weighted by Crippen LogP contribution is -2.29. The molecule has 0 saturated heterocycles. The monoisotopic (exact) mass is 246 g/mol. The van der Waals surface area contributed by atoms with E-state index in [1.807, 2.05) is 13.0 Å². The van der Waals surface area contributed by atoms with Crippen LogP contribution in [-0.2, 0) is 10.2 Å². The number of rotatable bonds is 4. The molecule has 0 aromatic heterocycles. The van der Waals surface area contributed by atoms with Gasteiger partial charge in [0.25, 0.3) is 0 Å². The highest BCUT2D eigenvalue weighted by atomic mass is 16.5. The molecule has 3 rings (SSSR count). The van der Waals surface area contributed by atoms with Crippen LogP contribution in [0.15, 0.2) is 18.2 Å². The van der Waals surface area contributed by atoms with Crippen molar-refractivity contribution in [2.45, 2.75) is 50.5 Å². The van der Waals surface area contributed by atoms with E-state index in [1.165, 1.54) is 5.56 Å². The molecule has 0 aliphatic heterocycles. The minimum Gasteiger partial charge on any atom is -0.478 e. The number of hydrogen-bond acceptors (Lipinski definition) is 2. The molecular formula is C15H18O3. The Hall–Kier alpha value is -1.51. The van der Waals surface area contributed by atoms with Gasteiger partial charge < -0.3 is 9.84 Å². The third-order valence-corrected chi connectivity index (χ3v) is 4.19. The predicted molar refractivity (Wildman–Crippen MR) is 68.0 cm³/mol. The summed E-state index contributed by atoms with van der Waals surface area (Å²) in [6.07, 6.45) is 3.55. The van der Waals surface area contributed by atoms with Gasteiger partial charge in [0.05, 0.1) is 0 Å². The molecule has 0 bridgehead atoms. The highest BCUT2D eigenvalue weighted by Gasteiger charge is 2.54. The maximum Gasteiger partial charge on any atom is 0.348 e. The zero-order chi connectivity index (χ0) is 13.0. The Morgan fingerprint density at radius 3 is 2.44 bits per heavy atom. The van der Waals surface area contributed by atoms with Crippen LogP contribution in [0.3, 0.4) is 0 Å². The molecule has 2 saturated carbocycles. The van der Waals surface area contributed by atoms with Crippen LogP contribution in [0.5, 0.6) is 5.75 Å². The second kappa shape index (κ2) is 3.50. The summed E-state index contributed by atoms with van der Waals surface area (Å²) < 4.78 is 5.85. The zero-order valence-corrected chi connectivity index (χ0v) is 10.8. The Balaban J connectivity index is 1.95. The van der Waals surface area contributed by atoms with Crippen molar-refractivity contribution in [2.24, 2.45) is 0 Å². The Labute approximate surface area is 107 Å². The van der Waals surface area contributed by atoms with Gasteiger partial charge in [-0.25, -0.2) is 4.79 Å². The maximum absolute atomic E-state index is 11.2. The second-order valence-corrected chi connectivity index (χ2v) is 5.96. The molecule has 2 aliphatic rings. The van der Waals surface area contributed by atoms with Gasteiger partial charge in [0.15, 0.2) is 0 Å². The van der Waals surface area contributed by atoms with E-state index in [0.29, 0.717) is 12.8 Å². The minimum absolute atomic E-state index is 0.192. The first-order valence-electron chi connectivity index (χ1n) is 6.49. The fourth-order valence-corrected chi connectivity index (χ4v) is 2.35. The smallest absolute Gasteiger partial charge is 0.348 e. The summed E-state index contributed by atoms with van der Waals surface area (Å²) in [5.41, 5.74) is 1.52. The van der Waals surface area contributed by atoms with Crippen LogP contribution < -0.4 is 4.74 Å². The summed E-state index contributed by atoms with van der Waals surface area (Å²) in [6.45, 7) is 4.22. The molecule has 0 spiro atoms. The highest BCUT2D eigenvalue weighted by Crippen LogP contribution is 2.52. The summed E-state index contributed by atoms with van der Waals surface area (Å²) in [5.74, 6) is -0.0641. The molecule has 0 unspecified atom stereocenters. The van der Waals surface area contributed by atoms with Crippen LogP contribution in [0, 0.1) is 6.92 Å². The number of ether oxygens (including phenoxy) is 1. The van der Waals surface area contributed by atoms with Crippen LogP contribution in [0.1, 0.15) is 43.7 Å². The number of carboxylic acid groups (broad SMARTS) is 1. The van der Waals surface area contributed by atoms with Gasteiger partial charge in [0.1, 0.15) is 5.75 Å². The SMILES string of the molecule is Cc1ccc(C2(C)CC2)c(OC2(C(=O)O)CC2)c1. The quantitative estimate of drug-likeness (QED) is 0.888. The van der Waals surface area contributed by atoms with Crippen LogP contribution >= 0.6 is 0 Å². The zero-order valence-electron chi connectivity index (χ0n) is 10.8. The van der Waals surface area contributed by atoms with Gasteiger partial charge in [-0.3, -0.25) is 0 Å². The second-order valence-electron chi connectivity index (χ2n) is 5.96. The summed E-state index contributed by atoms with van der Waals surface area (Å²) in [6, 6.07) is 6.14. The molecule has 3 heteroatoms. The van der Waals surface area contributed by atoms with Gasteiger partial charge in [-0.15, -0.1) is 0 Å². The molecular weight excluding hydrogens is 228 g/mol. The molecule has 2 aliphatic carbocycles. The lowest BCUT2D eigenvalue weighted by Gasteiger charge is -2.20. The molecule has 18 heavy (non-hydrogen) atoms. The summed E-state index contributed by atoms with van der Waals surface area (Å²) in [5, 5.41) is 9.22. The summed E-state index contributed by atoms with van der Waals surface area (Å²) >= 11 is 0. The van der Waals surface area contributed by atoms with E-state index in [9.17, 15) is 9.90 Å². The fourth-order valence-electron chi connectivity index (χ4n) is 2.35. The van der Waals surface area contributed by atoms with Crippen LogP contribution in [0.4, 0.5) is 0 Å². The van der Waals surface area contributed by atoms with Gasteiger partial charge in [-0.1, -0.05) is 19.1 Å². The number of carbonyl (C=O) groups is 1. The average molecular weight is 246 g/mol. The van der Waals surface area contributed by atoms with Gasteiger partial charge in [0, 0.05) is 18.4 Å². The normalized spacial score (nSPS) is 22.3. The molecule has 0 atom stereocenters. The number of aliphatic carboxylic acids is 1. The topological polar surface area (TPSA) is 46.5 Å². The number of hydrogen-bond donors (Lipinski definition) is 1. The molecule has 96 valence electrons. The van der Waals surface area contributed by atoms with Crippen molar-refractivity contribution in [3.8, 4) is 5.75 Å². The Morgan fingerprint density at radius 1 is 1.28 bits per heavy atom. The fraction of sp³-hybridized carbons (Fsp3) is 0.533. The van der Waals surface area contributed by atoms with Gasteiger partial charge >= 0.3 is 5.97 Å². The summed E-state index contributed by atoms with van der Waals surface area (Å²) in [4.78, 5) is 11.2. The van der Waals surface area contributed by atoms with Crippen molar-refractivity contribution in [2.75, 3.05) is 0 Å². The van der Waals surface area contributed by atoms with Gasteiger partial charge in [0.2, 0.25) is 5.60 Å². The lowest BCUT2D eigenvalue weighted by atomic mass is 9.96. The third-order valence-electron chi connectivity index (χ3n) is 4.19. The molecule has 0 heterocycles. The van der Waals surface area contributed by atoms with Gasteiger partial charge in [-0.05, 0) is 36.8 Å². The van der Waals surface area contributed by atoms with Crippen molar-refractivity contribution >= 4 is 5.97 Å². The first kappa shape index (κ1) is 11.6. The van der Waals surface area contributed by atoms with E-state index >= 15 is 0 Å². The van der Waals surface area contributed by atoms with Gasteiger partial charge in [-0.2, -0.15) is 0 Å². The number of carboxylic acids is 1. The van der Waals surface area contributed by atoms with Crippen molar-refractivity contribution in [3.05, 3.63) is 29.3 Å². The predicted octanol–water partition coefficient (Wildman–Crippen LogP) is 3.04. The molecule has 3 nitrogen and oxygen atoms in total. The first-order valence-corrected chi connectivity index (χ1v) is 6.49. The van der Waals surface area contributed by atoms with Crippen molar-refractivity contribution in [3.63, 3.8) is 0 Å². The molecule has 1 N–H and O–H groups in total.